The van der Waals surface area contributed by atoms with Gasteiger partial charge in [0.2, 0.25) is 5.91 Å². The summed E-state index contributed by atoms with van der Waals surface area (Å²) in [5.41, 5.74) is 0.997. The van der Waals surface area contributed by atoms with E-state index in [0.717, 1.165) is 18.7 Å². The molecule has 25 heavy (non-hydrogen) atoms. The van der Waals surface area contributed by atoms with Gasteiger partial charge in [-0.3, -0.25) is 9.69 Å². The van der Waals surface area contributed by atoms with Crippen LogP contribution in [0.4, 0.5) is 0 Å². The molecule has 1 amide bonds. The summed E-state index contributed by atoms with van der Waals surface area (Å²) in [6, 6.07) is 7.69. The Hall–Kier alpha value is -1.11. The van der Waals surface area contributed by atoms with E-state index in [0.29, 0.717) is 18.0 Å². The Morgan fingerprint density at radius 3 is 2.56 bits per heavy atom. The van der Waals surface area contributed by atoms with Gasteiger partial charge >= 0.3 is 0 Å². The highest BCUT2D eigenvalue weighted by Crippen LogP contribution is 2.27. The van der Waals surface area contributed by atoms with Gasteiger partial charge in [0.25, 0.3) is 0 Å². The van der Waals surface area contributed by atoms with Gasteiger partial charge in [-0.1, -0.05) is 43.6 Å². The summed E-state index contributed by atoms with van der Waals surface area (Å²) >= 11 is 6.36. The zero-order valence-electron chi connectivity index (χ0n) is 14.9. The van der Waals surface area contributed by atoms with Crippen molar-refractivity contribution in [2.75, 3.05) is 31.1 Å². The first-order chi connectivity index (χ1) is 11.9. The van der Waals surface area contributed by atoms with E-state index in [2.05, 4.69) is 24.1 Å². The molecule has 1 aliphatic rings. The maximum atomic E-state index is 12.3. The number of benzene rings is 1. The molecule has 7 heteroatoms. The highest BCUT2D eigenvalue weighted by Gasteiger charge is 2.29. The van der Waals surface area contributed by atoms with Crippen LogP contribution in [0.3, 0.4) is 0 Å². The van der Waals surface area contributed by atoms with E-state index in [1.54, 1.807) is 0 Å². The molecular formula is C18H27ClN2O3S. The fraction of sp³-hybridized carbons (Fsp3) is 0.611. The summed E-state index contributed by atoms with van der Waals surface area (Å²) in [5, 5.41) is 3.67. The third kappa shape index (κ3) is 5.69. The number of hydrogen-bond acceptors (Lipinski definition) is 4. The van der Waals surface area contributed by atoms with Gasteiger partial charge in [0, 0.05) is 18.0 Å². The Balaban J connectivity index is 2.00. The van der Waals surface area contributed by atoms with Crippen molar-refractivity contribution in [3.63, 3.8) is 0 Å². The molecule has 0 bridgehead atoms. The molecule has 1 saturated heterocycles. The molecule has 1 aromatic carbocycles. The average molecular weight is 387 g/mol. The Kier molecular flexibility index (Phi) is 7.28. The largest absolute Gasteiger partial charge is 0.354 e. The molecule has 0 aliphatic carbocycles. The van der Waals surface area contributed by atoms with E-state index in [-0.39, 0.29) is 35.8 Å². The Morgan fingerprint density at radius 2 is 2.00 bits per heavy atom. The molecule has 0 aromatic heterocycles. The minimum absolute atomic E-state index is 0.0000364. The molecule has 1 aliphatic heterocycles. The molecule has 2 rings (SSSR count). The highest BCUT2D eigenvalue weighted by molar-refractivity contribution is 7.91. The predicted octanol–water partition coefficient (Wildman–Crippen LogP) is 2.66. The zero-order valence-corrected chi connectivity index (χ0v) is 16.4. The lowest BCUT2D eigenvalue weighted by Gasteiger charge is -2.31. The van der Waals surface area contributed by atoms with Crippen molar-refractivity contribution in [3.05, 3.63) is 34.9 Å². The number of carbonyl (C=O) groups excluding carboxylic acids is 1. The number of likely N-dealkylation sites (N-methyl/N-ethyl adjacent to an activating group) is 1. The van der Waals surface area contributed by atoms with Crippen LogP contribution in [0.2, 0.25) is 5.02 Å². The van der Waals surface area contributed by atoms with E-state index >= 15 is 0 Å². The van der Waals surface area contributed by atoms with E-state index in [9.17, 15) is 13.2 Å². The van der Waals surface area contributed by atoms with Crippen LogP contribution in [0.25, 0.3) is 0 Å². The molecule has 2 atom stereocenters. The van der Waals surface area contributed by atoms with Crippen LogP contribution in [0, 0.1) is 5.92 Å². The van der Waals surface area contributed by atoms with Gasteiger partial charge in [0.15, 0.2) is 9.84 Å². The fourth-order valence-electron chi connectivity index (χ4n) is 3.42. The summed E-state index contributed by atoms with van der Waals surface area (Å²) in [6.07, 6.45) is 0.854. The summed E-state index contributed by atoms with van der Waals surface area (Å²) < 4.78 is 23.1. The second-order valence-electron chi connectivity index (χ2n) is 6.54. The number of rotatable bonds is 8. The number of hydrogen-bond donors (Lipinski definition) is 1. The van der Waals surface area contributed by atoms with Crippen LogP contribution in [-0.2, 0) is 14.6 Å². The van der Waals surface area contributed by atoms with Gasteiger partial charge in [-0.25, -0.2) is 8.42 Å². The summed E-state index contributed by atoms with van der Waals surface area (Å²) in [6.45, 7) is 6.33. The van der Waals surface area contributed by atoms with Crippen molar-refractivity contribution < 1.29 is 13.2 Å². The van der Waals surface area contributed by atoms with Crippen molar-refractivity contribution in [3.8, 4) is 0 Å². The van der Waals surface area contributed by atoms with Crippen molar-refractivity contribution in [2.45, 2.75) is 32.7 Å². The van der Waals surface area contributed by atoms with Crippen molar-refractivity contribution in [2.24, 2.45) is 5.92 Å². The molecule has 1 N–H and O–H groups in total. The fourth-order valence-corrected chi connectivity index (χ4v) is 5.55. The van der Waals surface area contributed by atoms with E-state index < -0.39 is 9.84 Å². The second-order valence-corrected chi connectivity index (χ2v) is 9.17. The summed E-state index contributed by atoms with van der Waals surface area (Å²) in [7, 11) is -2.95. The first-order valence-electron chi connectivity index (χ1n) is 8.81. The normalized spacial score (nSPS) is 20.6. The summed E-state index contributed by atoms with van der Waals surface area (Å²) in [4.78, 5) is 14.5. The maximum Gasteiger partial charge on any atom is 0.220 e. The third-order valence-electron chi connectivity index (χ3n) is 4.81. The number of amides is 1. The van der Waals surface area contributed by atoms with Gasteiger partial charge in [-0.2, -0.15) is 0 Å². The van der Waals surface area contributed by atoms with E-state index in [1.807, 2.05) is 24.3 Å². The number of sulfone groups is 1. The Bertz CT molecular complexity index is 689. The van der Waals surface area contributed by atoms with Crippen LogP contribution in [-0.4, -0.2) is 50.4 Å². The van der Waals surface area contributed by atoms with Gasteiger partial charge in [0.05, 0.1) is 17.5 Å². The molecule has 1 fully saturated rings. The monoisotopic (exact) mass is 386 g/mol. The molecule has 1 heterocycles. The number of nitrogens with one attached hydrogen (secondary N) is 1. The van der Waals surface area contributed by atoms with Crippen LogP contribution in [0.5, 0.6) is 0 Å². The van der Waals surface area contributed by atoms with Crippen molar-refractivity contribution in [1.82, 2.24) is 10.2 Å². The summed E-state index contributed by atoms with van der Waals surface area (Å²) in [5.74, 6) is 0.181. The molecule has 0 spiro atoms. The maximum absolute atomic E-state index is 12.3. The molecule has 140 valence electrons. The molecular weight excluding hydrogens is 360 g/mol. The topological polar surface area (TPSA) is 66.5 Å². The lowest BCUT2D eigenvalue weighted by molar-refractivity contribution is -0.122. The van der Waals surface area contributed by atoms with Gasteiger partial charge < -0.3 is 5.32 Å². The predicted molar refractivity (Wildman–Crippen MR) is 102 cm³/mol. The Morgan fingerprint density at radius 1 is 1.32 bits per heavy atom. The van der Waals surface area contributed by atoms with Crippen LogP contribution < -0.4 is 5.32 Å². The lowest BCUT2D eigenvalue weighted by Crippen LogP contribution is -2.38. The van der Waals surface area contributed by atoms with E-state index in [1.165, 1.54) is 0 Å². The Labute approximate surface area is 155 Å². The zero-order chi connectivity index (χ0) is 18.4. The van der Waals surface area contributed by atoms with Gasteiger partial charge in [0.1, 0.15) is 0 Å². The highest BCUT2D eigenvalue weighted by atomic mass is 35.5. The van der Waals surface area contributed by atoms with Crippen LogP contribution in [0.15, 0.2) is 24.3 Å². The number of carbonyl (C=O) groups is 1. The van der Waals surface area contributed by atoms with Gasteiger partial charge in [-0.15, -0.1) is 0 Å². The minimum Gasteiger partial charge on any atom is -0.354 e. The number of halogens is 1. The quantitative estimate of drug-likeness (QED) is 0.745. The lowest BCUT2D eigenvalue weighted by atomic mass is 10.0. The van der Waals surface area contributed by atoms with Crippen LogP contribution >= 0.6 is 11.6 Å². The van der Waals surface area contributed by atoms with Crippen LogP contribution in [0.1, 0.15) is 38.3 Å². The molecule has 1 aromatic rings. The van der Waals surface area contributed by atoms with Gasteiger partial charge in [-0.05, 0) is 37.1 Å². The van der Waals surface area contributed by atoms with Crippen molar-refractivity contribution in [1.29, 1.82) is 0 Å². The number of nitrogens with zero attached hydrogens (tertiary/aromatic N) is 1. The molecule has 2 unspecified atom stereocenters. The standard InChI is InChI=1S/C18H27ClN2O3S/c1-3-21(4-2)17(15-7-5-6-8-16(15)19)12-20-18(22)11-14-9-10-25(23,24)13-14/h5-8,14,17H,3-4,9-13H2,1-2H3,(H,20,22). The minimum atomic E-state index is -2.95. The van der Waals surface area contributed by atoms with E-state index in [4.69, 9.17) is 11.6 Å². The molecule has 0 saturated carbocycles. The van der Waals surface area contributed by atoms with Crippen molar-refractivity contribution >= 4 is 27.3 Å². The third-order valence-corrected chi connectivity index (χ3v) is 6.99. The average Bonchev–Trinajstić information content (AvgIpc) is 2.91. The first kappa shape index (κ1) is 20.2. The molecule has 0 radical (unpaired) electrons. The smallest absolute Gasteiger partial charge is 0.220 e. The molecule has 5 nitrogen and oxygen atoms in total. The first-order valence-corrected chi connectivity index (χ1v) is 11.0. The SMILES string of the molecule is CCN(CC)C(CNC(=O)CC1CCS(=O)(=O)C1)c1ccccc1Cl. The second kappa shape index (κ2) is 9.01.